The molecular weight excluding hydrogens is 216 g/mol. The molecule has 4 heteroatoms. The van der Waals surface area contributed by atoms with Crippen LogP contribution in [-0.4, -0.2) is 43.3 Å². The molecule has 100 valence electrons. The van der Waals surface area contributed by atoms with Crippen molar-refractivity contribution in [3.05, 3.63) is 0 Å². The molecule has 0 spiro atoms. The lowest BCUT2D eigenvalue weighted by Gasteiger charge is -2.42. The second-order valence-electron chi connectivity index (χ2n) is 5.75. The Bertz CT molecular complexity index is 248. The minimum Gasteiger partial charge on any atom is -0.449 e. The third-order valence-corrected chi connectivity index (χ3v) is 3.20. The van der Waals surface area contributed by atoms with Crippen molar-refractivity contribution < 1.29 is 9.53 Å². The van der Waals surface area contributed by atoms with Crippen LogP contribution in [0.3, 0.4) is 0 Å². The Hall–Kier alpha value is -0.770. The van der Waals surface area contributed by atoms with Gasteiger partial charge in [-0.3, -0.25) is 0 Å². The second-order valence-corrected chi connectivity index (χ2v) is 5.75. The van der Waals surface area contributed by atoms with Crippen molar-refractivity contribution >= 4 is 6.09 Å². The number of ether oxygens (including phenoxy) is 1. The van der Waals surface area contributed by atoms with Crippen LogP contribution in [-0.2, 0) is 4.74 Å². The van der Waals surface area contributed by atoms with Crippen molar-refractivity contribution in [2.45, 2.75) is 46.6 Å². The molecule has 1 heterocycles. The van der Waals surface area contributed by atoms with E-state index >= 15 is 0 Å². The zero-order valence-corrected chi connectivity index (χ0v) is 11.6. The minimum atomic E-state index is -0.153. The van der Waals surface area contributed by atoms with Gasteiger partial charge in [-0.1, -0.05) is 34.1 Å². The van der Waals surface area contributed by atoms with Crippen LogP contribution >= 0.6 is 0 Å². The number of piperazine rings is 1. The van der Waals surface area contributed by atoms with Gasteiger partial charge in [-0.05, 0) is 11.8 Å². The lowest BCUT2D eigenvalue weighted by Crippen LogP contribution is -2.58. The summed E-state index contributed by atoms with van der Waals surface area (Å²) in [6.45, 7) is 11.6. The van der Waals surface area contributed by atoms with E-state index < -0.39 is 0 Å². The van der Waals surface area contributed by atoms with E-state index in [9.17, 15) is 4.79 Å². The first-order valence-corrected chi connectivity index (χ1v) is 6.61. The van der Waals surface area contributed by atoms with Crippen LogP contribution in [0.5, 0.6) is 0 Å². The lowest BCUT2D eigenvalue weighted by molar-refractivity contribution is 0.0443. The smallest absolute Gasteiger partial charge is 0.410 e. The topological polar surface area (TPSA) is 41.6 Å². The van der Waals surface area contributed by atoms with Crippen molar-refractivity contribution in [2.24, 2.45) is 5.41 Å². The molecule has 1 aliphatic heterocycles. The normalized spacial score (nSPS) is 21.4. The highest BCUT2D eigenvalue weighted by atomic mass is 16.6. The quantitative estimate of drug-likeness (QED) is 0.772. The van der Waals surface area contributed by atoms with Crippen LogP contribution in [0.2, 0.25) is 0 Å². The predicted octanol–water partition coefficient (Wildman–Crippen LogP) is 2.24. The van der Waals surface area contributed by atoms with E-state index in [2.05, 4.69) is 33.0 Å². The molecule has 1 saturated heterocycles. The van der Waals surface area contributed by atoms with Crippen molar-refractivity contribution in [3.63, 3.8) is 0 Å². The third kappa shape index (κ3) is 4.19. The molecule has 4 nitrogen and oxygen atoms in total. The summed E-state index contributed by atoms with van der Waals surface area (Å²) in [6.07, 6.45) is 1.84. The van der Waals surface area contributed by atoms with Crippen molar-refractivity contribution in [2.75, 3.05) is 26.2 Å². The molecule has 0 aromatic rings. The van der Waals surface area contributed by atoms with E-state index in [0.29, 0.717) is 6.61 Å². The van der Waals surface area contributed by atoms with Gasteiger partial charge >= 0.3 is 6.09 Å². The Labute approximate surface area is 105 Å². The Morgan fingerprint density at radius 1 is 1.47 bits per heavy atom. The number of nitrogens with zero attached hydrogens (tertiary/aromatic N) is 1. The van der Waals surface area contributed by atoms with E-state index in [1.165, 1.54) is 0 Å². The molecule has 0 aliphatic carbocycles. The van der Waals surface area contributed by atoms with Gasteiger partial charge in [0.1, 0.15) is 0 Å². The fourth-order valence-corrected chi connectivity index (χ4v) is 2.08. The monoisotopic (exact) mass is 242 g/mol. The fraction of sp³-hybridized carbons (Fsp3) is 0.923. The van der Waals surface area contributed by atoms with Gasteiger partial charge in [0.2, 0.25) is 0 Å². The standard InChI is InChI=1S/C13H26N2O2/c1-5-6-9-17-12(16)15-8-7-14-10-11(15)13(2,3)4/h11,14H,5-10H2,1-4H3. The number of carbonyl (C=O) groups is 1. The second kappa shape index (κ2) is 6.24. The number of hydrogen-bond acceptors (Lipinski definition) is 3. The first kappa shape index (κ1) is 14.3. The number of unbranched alkanes of at least 4 members (excludes halogenated alkanes) is 1. The van der Waals surface area contributed by atoms with Gasteiger partial charge < -0.3 is 15.0 Å². The Morgan fingerprint density at radius 3 is 2.76 bits per heavy atom. The summed E-state index contributed by atoms with van der Waals surface area (Å²) in [5, 5.41) is 3.34. The highest BCUT2D eigenvalue weighted by Gasteiger charge is 2.35. The Balaban J connectivity index is 2.55. The summed E-state index contributed by atoms with van der Waals surface area (Å²) < 4.78 is 5.31. The molecule has 0 bridgehead atoms. The third-order valence-electron chi connectivity index (χ3n) is 3.20. The molecule has 1 N–H and O–H groups in total. The van der Waals surface area contributed by atoms with Crippen LogP contribution in [0.25, 0.3) is 0 Å². The summed E-state index contributed by atoms with van der Waals surface area (Å²) in [5.74, 6) is 0. The maximum atomic E-state index is 12.0. The molecule has 1 aliphatic rings. The molecule has 1 fully saturated rings. The van der Waals surface area contributed by atoms with Gasteiger partial charge in [0.15, 0.2) is 0 Å². The van der Waals surface area contributed by atoms with Gasteiger partial charge in [-0.2, -0.15) is 0 Å². The van der Waals surface area contributed by atoms with Crippen LogP contribution in [0.1, 0.15) is 40.5 Å². The zero-order chi connectivity index (χ0) is 12.9. The van der Waals surface area contributed by atoms with Gasteiger partial charge in [0, 0.05) is 19.6 Å². The average molecular weight is 242 g/mol. The predicted molar refractivity (Wildman–Crippen MR) is 69.1 cm³/mol. The summed E-state index contributed by atoms with van der Waals surface area (Å²) in [5.41, 5.74) is 0.0806. The van der Waals surface area contributed by atoms with E-state index in [4.69, 9.17) is 4.74 Å². The van der Waals surface area contributed by atoms with E-state index in [1.807, 2.05) is 4.90 Å². The summed E-state index contributed by atoms with van der Waals surface area (Å²) in [6, 6.07) is 0.213. The van der Waals surface area contributed by atoms with E-state index in [0.717, 1.165) is 32.5 Å². The molecule has 0 saturated carbocycles. The SMILES string of the molecule is CCCCOC(=O)N1CCNCC1C(C)(C)C. The number of hydrogen-bond donors (Lipinski definition) is 1. The maximum Gasteiger partial charge on any atom is 0.410 e. The van der Waals surface area contributed by atoms with Crippen LogP contribution < -0.4 is 5.32 Å². The first-order valence-electron chi connectivity index (χ1n) is 6.61. The Morgan fingerprint density at radius 2 is 2.18 bits per heavy atom. The van der Waals surface area contributed by atoms with Crippen molar-refractivity contribution in [1.29, 1.82) is 0 Å². The van der Waals surface area contributed by atoms with Crippen molar-refractivity contribution in [3.8, 4) is 0 Å². The maximum absolute atomic E-state index is 12.0. The number of amides is 1. The minimum absolute atomic E-state index is 0.0806. The molecule has 1 atom stereocenters. The van der Waals surface area contributed by atoms with Crippen LogP contribution in [0, 0.1) is 5.41 Å². The average Bonchev–Trinajstić information content (AvgIpc) is 2.28. The van der Waals surface area contributed by atoms with Gasteiger partial charge in [-0.25, -0.2) is 4.79 Å². The highest BCUT2D eigenvalue weighted by molar-refractivity contribution is 5.68. The first-order chi connectivity index (χ1) is 7.96. The van der Waals surface area contributed by atoms with E-state index in [-0.39, 0.29) is 17.6 Å². The molecule has 1 amide bonds. The summed E-state index contributed by atoms with van der Waals surface area (Å²) in [4.78, 5) is 13.9. The molecule has 0 aromatic heterocycles. The van der Waals surface area contributed by atoms with Gasteiger partial charge in [0.25, 0.3) is 0 Å². The molecule has 0 aromatic carbocycles. The van der Waals surface area contributed by atoms with Gasteiger partial charge in [-0.15, -0.1) is 0 Å². The molecule has 1 unspecified atom stereocenters. The lowest BCUT2D eigenvalue weighted by atomic mass is 9.85. The van der Waals surface area contributed by atoms with E-state index in [1.54, 1.807) is 0 Å². The van der Waals surface area contributed by atoms with Crippen LogP contribution in [0.4, 0.5) is 4.79 Å². The summed E-state index contributed by atoms with van der Waals surface area (Å²) >= 11 is 0. The number of rotatable bonds is 3. The van der Waals surface area contributed by atoms with Gasteiger partial charge in [0.05, 0.1) is 12.6 Å². The molecular formula is C13H26N2O2. The largest absolute Gasteiger partial charge is 0.449 e. The number of nitrogens with one attached hydrogen (secondary N) is 1. The fourth-order valence-electron chi connectivity index (χ4n) is 2.08. The van der Waals surface area contributed by atoms with Crippen molar-refractivity contribution in [1.82, 2.24) is 10.2 Å². The molecule has 17 heavy (non-hydrogen) atoms. The Kier molecular flexibility index (Phi) is 5.25. The molecule has 0 radical (unpaired) electrons. The van der Waals surface area contributed by atoms with Crippen LogP contribution in [0.15, 0.2) is 0 Å². The summed E-state index contributed by atoms with van der Waals surface area (Å²) in [7, 11) is 0. The molecule has 1 rings (SSSR count). The zero-order valence-electron chi connectivity index (χ0n) is 11.6. The number of carbonyl (C=O) groups excluding carboxylic acids is 1. The highest BCUT2D eigenvalue weighted by Crippen LogP contribution is 2.25.